The number of rotatable bonds is 6. The second-order valence-corrected chi connectivity index (χ2v) is 9.55. The largest absolute Gasteiger partial charge is 0.489 e. The summed E-state index contributed by atoms with van der Waals surface area (Å²) < 4.78 is 43.6. The lowest BCUT2D eigenvalue weighted by Crippen LogP contribution is -2.31. The number of hydrogen-bond acceptors (Lipinski definition) is 8. The number of sulfonamides is 1. The van der Waals surface area contributed by atoms with Gasteiger partial charge in [-0.25, -0.2) is 8.42 Å². The summed E-state index contributed by atoms with van der Waals surface area (Å²) in [6.45, 7) is 7.87. The van der Waals surface area contributed by atoms with E-state index in [1.54, 1.807) is 13.8 Å². The zero-order valence-corrected chi connectivity index (χ0v) is 18.1. The van der Waals surface area contributed by atoms with Gasteiger partial charge in [0.05, 0.1) is 6.54 Å². The maximum absolute atomic E-state index is 12.9. The third-order valence-corrected chi connectivity index (χ3v) is 7.13. The Kier molecular flexibility index (Phi) is 5.37. The van der Waals surface area contributed by atoms with E-state index < -0.39 is 10.0 Å². The van der Waals surface area contributed by atoms with Crippen LogP contribution in [0.4, 0.5) is 0 Å². The molecule has 0 saturated carbocycles. The minimum absolute atomic E-state index is 0.147. The molecular weight excluding hydrogens is 408 g/mol. The Balaban J connectivity index is 1.42. The number of ether oxygens (including phenoxy) is 1. The molecule has 1 aliphatic heterocycles. The standard InChI is InChI=1S/C20H24N4O5S/c1-12(2)20-21-19(23-29-20)15-5-7-16(8-6-15)27-17-9-10-24(11-17)30(25,26)18-13(3)22-28-14(18)4/h5-8,12,17H,9-11H2,1-4H3. The van der Waals surface area contributed by atoms with E-state index in [1.807, 2.05) is 38.1 Å². The van der Waals surface area contributed by atoms with Crippen LogP contribution in [0.15, 0.2) is 38.2 Å². The average molecular weight is 433 g/mol. The zero-order chi connectivity index (χ0) is 21.5. The molecule has 0 radical (unpaired) electrons. The highest BCUT2D eigenvalue weighted by molar-refractivity contribution is 7.89. The fourth-order valence-electron chi connectivity index (χ4n) is 3.45. The van der Waals surface area contributed by atoms with Crippen molar-refractivity contribution < 1.29 is 22.2 Å². The molecule has 0 spiro atoms. The molecular formula is C20H24N4O5S. The molecule has 1 fully saturated rings. The Morgan fingerprint density at radius 3 is 2.47 bits per heavy atom. The molecule has 1 saturated heterocycles. The molecule has 160 valence electrons. The van der Waals surface area contributed by atoms with Crippen molar-refractivity contribution in [2.75, 3.05) is 13.1 Å². The number of nitrogens with zero attached hydrogens (tertiary/aromatic N) is 4. The van der Waals surface area contributed by atoms with Crippen LogP contribution >= 0.6 is 0 Å². The second-order valence-electron chi connectivity index (χ2n) is 7.68. The highest BCUT2D eigenvalue weighted by atomic mass is 32.2. The summed E-state index contributed by atoms with van der Waals surface area (Å²) in [5.41, 5.74) is 1.20. The van der Waals surface area contributed by atoms with Crippen LogP contribution in [-0.2, 0) is 10.0 Å². The van der Waals surface area contributed by atoms with Crippen molar-refractivity contribution in [2.24, 2.45) is 0 Å². The molecule has 0 aliphatic carbocycles. The van der Waals surface area contributed by atoms with E-state index in [2.05, 4.69) is 15.3 Å². The first-order valence-electron chi connectivity index (χ1n) is 9.79. The third-order valence-electron chi connectivity index (χ3n) is 5.02. The van der Waals surface area contributed by atoms with Gasteiger partial charge in [0.15, 0.2) is 5.76 Å². The molecule has 3 heterocycles. The summed E-state index contributed by atoms with van der Waals surface area (Å²) in [6.07, 6.45) is 0.372. The third kappa shape index (κ3) is 3.84. The summed E-state index contributed by atoms with van der Waals surface area (Å²) in [5.74, 6) is 2.25. The van der Waals surface area contributed by atoms with Crippen molar-refractivity contribution in [1.29, 1.82) is 0 Å². The van der Waals surface area contributed by atoms with E-state index >= 15 is 0 Å². The van der Waals surface area contributed by atoms with E-state index in [9.17, 15) is 8.42 Å². The smallest absolute Gasteiger partial charge is 0.248 e. The predicted octanol–water partition coefficient (Wildman–Crippen LogP) is 3.31. The number of aryl methyl sites for hydroxylation is 2. The average Bonchev–Trinajstić information content (AvgIpc) is 3.43. The Morgan fingerprint density at radius 1 is 1.13 bits per heavy atom. The Morgan fingerprint density at radius 2 is 1.87 bits per heavy atom. The molecule has 0 N–H and O–H groups in total. The molecule has 1 atom stereocenters. The minimum atomic E-state index is -3.66. The lowest BCUT2D eigenvalue weighted by Gasteiger charge is -2.17. The summed E-state index contributed by atoms with van der Waals surface area (Å²) >= 11 is 0. The molecule has 1 unspecified atom stereocenters. The zero-order valence-electron chi connectivity index (χ0n) is 17.3. The van der Waals surface area contributed by atoms with Crippen molar-refractivity contribution in [3.8, 4) is 17.1 Å². The molecule has 1 aliphatic rings. The van der Waals surface area contributed by atoms with E-state index in [0.29, 0.717) is 41.9 Å². The van der Waals surface area contributed by atoms with Crippen LogP contribution in [0.2, 0.25) is 0 Å². The van der Waals surface area contributed by atoms with Crippen molar-refractivity contribution in [3.63, 3.8) is 0 Å². The lowest BCUT2D eigenvalue weighted by molar-refractivity contribution is 0.215. The summed E-state index contributed by atoms with van der Waals surface area (Å²) in [7, 11) is -3.66. The van der Waals surface area contributed by atoms with Crippen LogP contribution in [0, 0.1) is 13.8 Å². The van der Waals surface area contributed by atoms with E-state index in [0.717, 1.165) is 5.56 Å². The molecule has 3 aromatic rings. The first kappa shape index (κ1) is 20.5. The normalized spacial score (nSPS) is 17.7. The molecule has 1 aromatic carbocycles. The summed E-state index contributed by atoms with van der Waals surface area (Å²) in [5, 5.41) is 7.76. The van der Waals surface area contributed by atoms with Gasteiger partial charge < -0.3 is 13.8 Å². The van der Waals surface area contributed by atoms with Crippen molar-refractivity contribution in [1.82, 2.24) is 19.6 Å². The molecule has 30 heavy (non-hydrogen) atoms. The fraction of sp³-hybridized carbons (Fsp3) is 0.450. The maximum Gasteiger partial charge on any atom is 0.248 e. The van der Waals surface area contributed by atoms with Gasteiger partial charge in [-0.3, -0.25) is 0 Å². The fourth-order valence-corrected chi connectivity index (χ4v) is 5.22. The van der Waals surface area contributed by atoms with Crippen molar-refractivity contribution in [2.45, 2.75) is 51.0 Å². The highest BCUT2D eigenvalue weighted by Crippen LogP contribution is 2.28. The van der Waals surface area contributed by atoms with Crippen LogP contribution in [0.25, 0.3) is 11.4 Å². The van der Waals surface area contributed by atoms with Crippen LogP contribution in [-0.4, -0.2) is 47.2 Å². The number of hydrogen-bond donors (Lipinski definition) is 0. The van der Waals surface area contributed by atoms with E-state index in [4.69, 9.17) is 13.8 Å². The van der Waals surface area contributed by atoms with Gasteiger partial charge in [-0.15, -0.1) is 0 Å². The van der Waals surface area contributed by atoms with Crippen LogP contribution in [0.5, 0.6) is 5.75 Å². The van der Waals surface area contributed by atoms with Gasteiger partial charge in [0.25, 0.3) is 0 Å². The molecule has 4 rings (SSSR count). The van der Waals surface area contributed by atoms with Crippen LogP contribution in [0.3, 0.4) is 0 Å². The van der Waals surface area contributed by atoms with Crippen molar-refractivity contribution in [3.05, 3.63) is 41.6 Å². The molecule has 10 heteroatoms. The monoisotopic (exact) mass is 432 g/mol. The van der Waals surface area contributed by atoms with Crippen LogP contribution in [0.1, 0.15) is 43.5 Å². The SMILES string of the molecule is Cc1noc(C)c1S(=O)(=O)N1CCC(Oc2ccc(-c3noc(C(C)C)n3)cc2)C1. The van der Waals surface area contributed by atoms with Gasteiger partial charge in [-0.1, -0.05) is 24.2 Å². The van der Waals surface area contributed by atoms with Gasteiger partial charge in [0.1, 0.15) is 22.4 Å². The summed E-state index contributed by atoms with van der Waals surface area (Å²) in [4.78, 5) is 4.53. The van der Waals surface area contributed by atoms with Gasteiger partial charge in [-0.05, 0) is 44.5 Å². The van der Waals surface area contributed by atoms with E-state index in [1.165, 1.54) is 4.31 Å². The van der Waals surface area contributed by atoms with Gasteiger partial charge in [-0.2, -0.15) is 9.29 Å². The van der Waals surface area contributed by atoms with Crippen molar-refractivity contribution >= 4 is 10.0 Å². The minimum Gasteiger partial charge on any atom is -0.489 e. The first-order chi connectivity index (χ1) is 14.3. The number of aromatic nitrogens is 3. The van der Waals surface area contributed by atoms with Gasteiger partial charge in [0, 0.05) is 18.0 Å². The van der Waals surface area contributed by atoms with Crippen LogP contribution < -0.4 is 4.74 Å². The molecule has 9 nitrogen and oxygen atoms in total. The van der Waals surface area contributed by atoms with Gasteiger partial charge >= 0.3 is 0 Å². The van der Waals surface area contributed by atoms with E-state index in [-0.39, 0.29) is 23.5 Å². The molecule has 0 bridgehead atoms. The second kappa shape index (κ2) is 7.84. The Labute approximate surface area is 175 Å². The topological polar surface area (TPSA) is 112 Å². The summed E-state index contributed by atoms with van der Waals surface area (Å²) in [6, 6.07) is 7.37. The molecule has 0 amide bonds. The first-order valence-corrected chi connectivity index (χ1v) is 11.2. The van der Waals surface area contributed by atoms with Gasteiger partial charge in [0.2, 0.25) is 21.7 Å². The Hall–Kier alpha value is -2.72. The lowest BCUT2D eigenvalue weighted by atomic mass is 10.2. The maximum atomic E-state index is 12.9. The number of benzene rings is 1. The molecule has 2 aromatic heterocycles. The highest BCUT2D eigenvalue weighted by Gasteiger charge is 2.37. The predicted molar refractivity (Wildman–Crippen MR) is 108 cm³/mol. The quantitative estimate of drug-likeness (QED) is 0.583. The Bertz CT molecular complexity index is 1110.